The van der Waals surface area contributed by atoms with Crippen LogP contribution in [-0.2, 0) is 10.0 Å². The van der Waals surface area contributed by atoms with Gasteiger partial charge in [-0.25, -0.2) is 23.2 Å². The molecular weight excluding hydrogens is 306 g/mol. The summed E-state index contributed by atoms with van der Waals surface area (Å²) in [6.45, 7) is 0. The van der Waals surface area contributed by atoms with Gasteiger partial charge in [0.05, 0.1) is 24.5 Å². The molecule has 2 aromatic rings. The molecule has 0 aromatic carbocycles. The van der Waals surface area contributed by atoms with E-state index in [1.807, 2.05) is 0 Å². The Balaban J connectivity index is 2.30. The largest absolute Gasteiger partial charge is 0.481 e. The topological polar surface area (TPSA) is 118 Å². The minimum absolute atomic E-state index is 0.190. The first kappa shape index (κ1) is 14.2. The third kappa shape index (κ3) is 2.86. The Kier molecular flexibility index (Phi) is 3.86. The van der Waals surface area contributed by atoms with Crippen molar-refractivity contribution in [2.75, 3.05) is 11.8 Å². The number of sulfonamides is 1. The van der Waals surface area contributed by atoms with Crippen LogP contribution in [-0.4, -0.2) is 36.6 Å². The van der Waals surface area contributed by atoms with E-state index in [0.29, 0.717) is 5.88 Å². The van der Waals surface area contributed by atoms with E-state index in [1.54, 1.807) is 0 Å². The molecule has 20 heavy (non-hydrogen) atoms. The molecule has 0 spiro atoms. The predicted octanol–water partition coefficient (Wildman–Crippen LogP) is 1.05. The van der Waals surface area contributed by atoms with Crippen LogP contribution < -0.4 is 9.46 Å². The lowest BCUT2D eigenvalue weighted by Crippen LogP contribution is -2.15. The average Bonchev–Trinajstić information content (AvgIpc) is 2.89. The Labute approximate surface area is 118 Å². The van der Waals surface area contributed by atoms with Crippen LogP contribution in [0.15, 0.2) is 28.0 Å². The van der Waals surface area contributed by atoms with Gasteiger partial charge in [0.2, 0.25) is 5.88 Å². The zero-order valence-electron chi connectivity index (χ0n) is 10.1. The normalized spacial score (nSPS) is 11.1. The SMILES string of the molecule is COc1ccc(NS(=O)(=O)c2scnc2C(=O)O)cn1. The van der Waals surface area contributed by atoms with Crippen LogP contribution in [0.2, 0.25) is 0 Å². The lowest BCUT2D eigenvalue weighted by molar-refractivity contribution is 0.0687. The summed E-state index contributed by atoms with van der Waals surface area (Å²) in [4.78, 5) is 18.2. The van der Waals surface area contributed by atoms with E-state index in [0.717, 1.165) is 16.8 Å². The van der Waals surface area contributed by atoms with Crippen LogP contribution in [0.5, 0.6) is 5.88 Å². The maximum absolute atomic E-state index is 12.1. The van der Waals surface area contributed by atoms with Crippen molar-refractivity contribution in [3.63, 3.8) is 0 Å². The Hall–Kier alpha value is -2.20. The molecule has 0 saturated carbocycles. The van der Waals surface area contributed by atoms with E-state index in [9.17, 15) is 13.2 Å². The number of ether oxygens (including phenoxy) is 1. The molecule has 2 aromatic heterocycles. The van der Waals surface area contributed by atoms with E-state index >= 15 is 0 Å². The highest BCUT2D eigenvalue weighted by atomic mass is 32.2. The van der Waals surface area contributed by atoms with Crippen molar-refractivity contribution in [2.24, 2.45) is 0 Å². The van der Waals surface area contributed by atoms with E-state index in [4.69, 9.17) is 9.84 Å². The number of aromatic carboxylic acids is 1. The number of nitrogens with one attached hydrogen (secondary N) is 1. The molecular formula is C10H9N3O5S2. The Morgan fingerprint density at radius 1 is 1.40 bits per heavy atom. The minimum Gasteiger partial charge on any atom is -0.481 e. The van der Waals surface area contributed by atoms with Gasteiger partial charge < -0.3 is 9.84 Å². The lowest BCUT2D eigenvalue weighted by Gasteiger charge is -2.06. The summed E-state index contributed by atoms with van der Waals surface area (Å²) < 4.78 is 30.9. The van der Waals surface area contributed by atoms with Crippen molar-refractivity contribution in [1.82, 2.24) is 9.97 Å². The first-order valence-electron chi connectivity index (χ1n) is 5.13. The molecule has 0 atom stereocenters. The fraction of sp³-hybridized carbons (Fsp3) is 0.100. The van der Waals surface area contributed by atoms with E-state index in [-0.39, 0.29) is 9.90 Å². The smallest absolute Gasteiger partial charge is 0.356 e. The van der Waals surface area contributed by atoms with Crippen molar-refractivity contribution >= 4 is 33.0 Å². The van der Waals surface area contributed by atoms with Crippen LogP contribution in [0, 0.1) is 0 Å². The molecule has 106 valence electrons. The lowest BCUT2D eigenvalue weighted by atomic mass is 10.4. The third-order valence-electron chi connectivity index (χ3n) is 2.18. The van der Waals surface area contributed by atoms with Gasteiger partial charge in [-0.3, -0.25) is 4.72 Å². The van der Waals surface area contributed by atoms with E-state index in [2.05, 4.69) is 14.7 Å². The number of methoxy groups -OCH3 is 1. The number of carbonyl (C=O) groups is 1. The number of nitrogens with zero attached hydrogens (tertiary/aromatic N) is 2. The third-order valence-corrected chi connectivity index (χ3v) is 4.93. The molecule has 10 heteroatoms. The number of rotatable bonds is 5. The highest BCUT2D eigenvalue weighted by molar-refractivity contribution is 7.94. The molecule has 0 radical (unpaired) electrons. The fourth-order valence-corrected chi connectivity index (χ4v) is 3.52. The van der Waals surface area contributed by atoms with Gasteiger partial charge in [-0.2, -0.15) is 0 Å². The Bertz CT molecular complexity index is 724. The number of carboxylic acid groups (broad SMARTS) is 1. The van der Waals surface area contributed by atoms with E-state index < -0.39 is 21.7 Å². The van der Waals surface area contributed by atoms with Crippen molar-refractivity contribution in [3.05, 3.63) is 29.5 Å². The minimum atomic E-state index is -4.02. The van der Waals surface area contributed by atoms with Gasteiger partial charge in [-0.05, 0) is 6.07 Å². The van der Waals surface area contributed by atoms with E-state index in [1.165, 1.54) is 25.4 Å². The quantitative estimate of drug-likeness (QED) is 0.846. The molecule has 0 aliphatic carbocycles. The highest BCUT2D eigenvalue weighted by Crippen LogP contribution is 2.23. The second-order valence-electron chi connectivity index (χ2n) is 3.49. The standard InChI is InChI=1S/C10H9N3O5S2/c1-18-7-3-2-6(4-11-7)13-20(16,17)10-8(9(14)15)12-5-19-10/h2-5,13H,1H3,(H,14,15). The Morgan fingerprint density at radius 2 is 2.15 bits per heavy atom. The molecule has 0 bridgehead atoms. The molecule has 0 aliphatic heterocycles. The van der Waals surface area contributed by atoms with Crippen LogP contribution in [0.1, 0.15) is 10.5 Å². The molecule has 0 amide bonds. The average molecular weight is 315 g/mol. The number of anilines is 1. The molecule has 2 heterocycles. The fourth-order valence-electron chi connectivity index (χ4n) is 1.33. The summed E-state index contributed by atoms with van der Waals surface area (Å²) >= 11 is 0.724. The van der Waals surface area contributed by atoms with Gasteiger partial charge in [-0.15, -0.1) is 11.3 Å². The summed E-state index contributed by atoms with van der Waals surface area (Å²) in [5.74, 6) is -1.07. The molecule has 2 N–H and O–H groups in total. The number of carboxylic acids is 1. The Morgan fingerprint density at radius 3 is 2.70 bits per heavy atom. The van der Waals surface area contributed by atoms with Crippen LogP contribution in [0.4, 0.5) is 5.69 Å². The second kappa shape index (κ2) is 5.43. The van der Waals surface area contributed by atoms with Gasteiger partial charge in [0, 0.05) is 6.07 Å². The van der Waals surface area contributed by atoms with Crippen molar-refractivity contribution in [3.8, 4) is 5.88 Å². The first-order valence-corrected chi connectivity index (χ1v) is 7.50. The van der Waals surface area contributed by atoms with Crippen LogP contribution in [0.25, 0.3) is 0 Å². The predicted molar refractivity (Wildman–Crippen MR) is 70.7 cm³/mol. The molecule has 0 fully saturated rings. The summed E-state index contributed by atoms with van der Waals surface area (Å²) in [7, 11) is -2.59. The van der Waals surface area contributed by atoms with Gasteiger partial charge in [0.1, 0.15) is 0 Å². The summed E-state index contributed by atoms with van der Waals surface area (Å²) in [5.41, 5.74) is 0.837. The van der Waals surface area contributed by atoms with Crippen molar-refractivity contribution < 1.29 is 23.1 Å². The van der Waals surface area contributed by atoms with Crippen LogP contribution >= 0.6 is 11.3 Å². The number of hydrogen-bond donors (Lipinski definition) is 2. The molecule has 2 rings (SSSR count). The molecule has 0 saturated heterocycles. The monoisotopic (exact) mass is 315 g/mol. The first-order chi connectivity index (χ1) is 9.44. The maximum atomic E-state index is 12.1. The highest BCUT2D eigenvalue weighted by Gasteiger charge is 2.25. The van der Waals surface area contributed by atoms with Gasteiger partial charge >= 0.3 is 5.97 Å². The molecule has 8 nitrogen and oxygen atoms in total. The molecule has 0 unspecified atom stereocenters. The van der Waals surface area contributed by atoms with Crippen molar-refractivity contribution in [1.29, 1.82) is 0 Å². The zero-order chi connectivity index (χ0) is 14.8. The summed E-state index contributed by atoms with van der Waals surface area (Å²) in [5, 5.41) is 8.88. The van der Waals surface area contributed by atoms with Gasteiger partial charge in [-0.1, -0.05) is 0 Å². The number of pyridine rings is 1. The van der Waals surface area contributed by atoms with Gasteiger partial charge in [0.25, 0.3) is 10.0 Å². The van der Waals surface area contributed by atoms with Gasteiger partial charge in [0.15, 0.2) is 9.90 Å². The maximum Gasteiger partial charge on any atom is 0.356 e. The number of thiazole rings is 1. The van der Waals surface area contributed by atoms with Crippen molar-refractivity contribution in [2.45, 2.75) is 4.21 Å². The van der Waals surface area contributed by atoms with Crippen LogP contribution in [0.3, 0.4) is 0 Å². The zero-order valence-corrected chi connectivity index (χ0v) is 11.7. The second-order valence-corrected chi connectivity index (χ2v) is 6.22. The number of hydrogen-bond acceptors (Lipinski definition) is 7. The molecule has 0 aliphatic rings. The summed E-state index contributed by atoms with van der Waals surface area (Å²) in [6.07, 6.45) is 1.26. The summed E-state index contributed by atoms with van der Waals surface area (Å²) in [6, 6.07) is 2.92. The number of aromatic nitrogens is 2.